The molecule has 2 rings (SSSR count). The average molecular weight is 166 g/mol. The maximum atomic E-state index is 5.79. The first-order valence-electron chi connectivity index (χ1n) is 5.16. The number of fused-ring (bicyclic) bond motifs is 1. The molecule has 1 nitrogen and oxygen atoms in total. The Bertz CT molecular complexity index is 176. The minimum atomic E-state index is 0.252. The minimum Gasteiger partial charge on any atom is -0.366 e. The van der Waals surface area contributed by atoms with Crippen molar-refractivity contribution in [2.45, 2.75) is 56.7 Å². The smallest absolute Gasteiger partial charge is 0.0982 e. The molecule has 2 aliphatic rings. The fraction of sp³-hybridized carbons (Fsp3) is 0.818. The molecular formula is C11H18O. The number of hydrogen-bond acceptors (Lipinski definition) is 1. The van der Waals surface area contributed by atoms with Gasteiger partial charge >= 0.3 is 0 Å². The second-order valence-electron chi connectivity index (χ2n) is 4.12. The van der Waals surface area contributed by atoms with Gasteiger partial charge in [-0.2, -0.15) is 0 Å². The summed E-state index contributed by atoms with van der Waals surface area (Å²) >= 11 is 0. The first-order chi connectivity index (χ1) is 5.87. The van der Waals surface area contributed by atoms with Crippen LogP contribution in [0.5, 0.6) is 0 Å². The van der Waals surface area contributed by atoms with Crippen molar-refractivity contribution in [2.24, 2.45) is 0 Å². The van der Waals surface area contributed by atoms with E-state index in [1.54, 1.807) is 0 Å². The van der Waals surface area contributed by atoms with Crippen LogP contribution < -0.4 is 0 Å². The summed E-state index contributed by atoms with van der Waals surface area (Å²) in [6.07, 6.45) is 11.7. The van der Waals surface area contributed by atoms with Gasteiger partial charge < -0.3 is 4.74 Å². The van der Waals surface area contributed by atoms with E-state index in [1.807, 2.05) is 6.08 Å². The van der Waals surface area contributed by atoms with Crippen molar-refractivity contribution < 1.29 is 4.74 Å². The molecule has 1 saturated carbocycles. The Morgan fingerprint density at radius 3 is 3.00 bits per heavy atom. The highest BCUT2D eigenvalue weighted by molar-refractivity contribution is 5.06. The molecule has 1 heteroatoms. The topological polar surface area (TPSA) is 12.5 Å². The lowest BCUT2D eigenvalue weighted by atomic mass is 9.89. The first-order valence-corrected chi connectivity index (χ1v) is 5.16. The molecule has 0 aromatic carbocycles. The molecule has 1 aliphatic heterocycles. The van der Waals surface area contributed by atoms with E-state index in [1.165, 1.54) is 38.5 Å². The molecule has 2 atom stereocenters. The van der Waals surface area contributed by atoms with E-state index in [4.69, 9.17) is 4.74 Å². The van der Waals surface area contributed by atoms with Gasteiger partial charge in [0.05, 0.1) is 11.7 Å². The van der Waals surface area contributed by atoms with Crippen LogP contribution in [0.3, 0.4) is 0 Å². The van der Waals surface area contributed by atoms with Crippen LogP contribution >= 0.6 is 0 Å². The van der Waals surface area contributed by atoms with Crippen LogP contribution in [0, 0.1) is 0 Å². The summed E-state index contributed by atoms with van der Waals surface area (Å²) in [6.45, 7) is 3.80. The van der Waals surface area contributed by atoms with Crippen LogP contribution in [0.1, 0.15) is 44.9 Å². The molecule has 0 bridgehead atoms. The maximum Gasteiger partial charge on any atom is 0.0982 e. The lowest BCUT2D eigenvalue weighted by Gasteiger charge is -2.13. The lowest BCUT2D eigenvalue weighted by molar-refractivity contribution is 0.278. The van der Waals surface area contributed by atoms with E-state index in [0.717, 1.165) is 6.42 Å². The molecule has 0 N–H and O–H groups in total. The molecule has 1 aliphatic carbocycles. The Hall–Kier alpha value is -0.300. The molecule has 1 heterocycles. The number of epoxide rings is 1. The summed E-state index contributed by atoms with van der Waals surface area (Å²) in [5, 5.41) is 0. The molecular weight excluding hydrogens is 148 g/mol. The molecule has 2 fully saturated rings. The van der Waals surface area contributed by atoms with Gasteiger partial charge in [-0.1, -0.05) is 31.8 Å². The maximum absolute atomic E-state index is 5.79. The van der Waals surface area contributed by atoms with E-state index in [9.17, 15) is 0 Å². The predicted octanol–water partition coefficient (Wildman–Crippen LogP) is 3.05. The number of hydrogen-bond donors (Lipinski definition) is 0. The Kier molecular flexibility index (Phi) is 2.22. The van der Waals surface area contributed by atoms with E-state index in [-0.39, 0.29) is 5.60 Å². The molecule has 12 heavy (non-hydrogen) atoms. The van der Waals surface area contributed by atoms with Crippen molar-refractivity contribution in [3.63, 3.8) is 0 Å². The van der Waals surface area contributed by atoms with Crippen LogP contribution in [0.4, 0.5) is 0 Å². The minimum absolute atomic E-state index is 0.252. The normalized spacial score (nSPS) is 40.8. The van der Waals surface area contributed by atoms with Crippen LogP contribution in [-0.4, -0.2) is 11.7 Å². The zero-order valence-corrected chi connectivity index (χ0v) is 7.72. The molecule has 1 saturated heterocycles. The van der Waals surface area contributed by atoms with Crippen LogP contribution in [0.15, 0.2) is 12.7 Å². The monoisotopic (exact) mass is 166 g/mol. The summed E-state index contributed by atoms with van der Waals surface area (Å²) < 4.78 is 5.79. The molecule has 2 unspecified atom stereocenters. The van der Waals surface area contributed by atoms with Gasteiger partial charge in [-0.05, 0) is 19.3 Å². The second-order valence-corrected chi connectivity index (χ2v) is 4.12. The van der Waals surface area contributed by atoms with E-state index >= 15 is 0 Å². The number of rotatable bonds is 2. The Morgan fingerprint density at radius 1 is 1.33 bits per heavy atom. The molecule has 0 amide bonds. The van der Waals surface area contributed by atoms with Crippen molar-refractivity contribution in [2.75, 3.05) is 0 Å². The third-order valence-corrected chi connectivity index (χ3v) is 3.21. The van der Waals surface area contributed by atoms with E-state index in [0.29, 0.717) is 6.10 Å². The largest absolute Gasteiger partial charge is 0.366 e. The molecule has 68 valence electrons. The Morgan fingerprint density at radius 2 is 2.17 bits per heavy atom. The zero-order valence-electron chi connectivity index (χ0n) is 7.72. The lowest BCUT2D eigenvalue weighted by Crippen LogP contribution is -2.15. The van der Waals surface area contributed by atoms with Crippen molar-refractivity contribution in [3.05, 3.63) is 12.7 Å². The third kappa shape index (κ3) is 1.42. The van der Waals surface area contributed by atoms with Gasteiger partial charge in [-0.15, -0.1) is 6.58 Å². The van der Waals surface area contributed by atoms with Crippen LogP contribution in [0.2, 0.25) is 0 Å². The van der Waals surface area contributed by atoms with Crippen LogP contribution in [-0.2, 0) is 4.74 Å². The second kappa shape index (κ2) is 3.21. The fourth-order valence-corrected chi connectivity index (χ4v) is 2.42. The van der Waals surface area contributed by atoms with Crippen molar-refractivity contribution >= 4 is 0 Å². The predicted molar refractivity (Wildman–Crippen MR) is 50.1 cm³/mol. The zero-order chi connectivity index (χ0) is 8.44. The van der Waals surface area contributed by atoms with Crippen molar-refractivity contribution in [1.82, 2.24) is 0 Å². The van der Waals surface area contributed by atoms with Crippen LogP contribution in [0.25, 0.3) is 0 Å². The summed E-state index contributed by atoms with van der Waals surface area (Å²) in [6, 6.07) is 0. The number of ether oxygens (including phenoxy) is 1. The Balaban J connectivity index is 1.93. The first kappa shape index (κ1) is 8.31. The van der Waals surface area contributed by atoms with Gasteiger partial charge in [0.1, 0.15) is 0 Å². The third-order valence-electron chi connectivity index (χ3n) is 3.21. The average Bonchev–Trinajstić information content (AvgIpc) is 2.65. The van der Waals surface area contributed by atoms with Crippen molar-refractivity contribution in [1.29, 1.82) is 0 Å². The summed E-state index contributed by atoms with van der Waals surface area (Å²) in [4.78, 5) is 0. The highest BCUT2D eigenvalue weighted by Crippen LogP contribution is 2.48. The van der Waals surface area contributed by atoms with Gasteiger partial charge in [0.2, 0.25) is 0 Å². The van der Waals surface area contributed by atoms with Gasteiger partial charge in [0.25, 0.3) is 0 Å². The summed E-state index contributed by atoms with van der Waals surface area (Å²) in [7, 11) is 0. The highest BCUT2D eigenvalue weighted by Gasteiger charge is 2.54. The van der Waals surface area contributed by atoms with Gasteiger partial charge in [-0.3, -0.25) is 0 Å². The Labute approximate surface area is 74.8 Å². The van der Waals surface area contributed by atoms with Gasteiger partial charge in [0, 0.05) is 0 Å². The SMILES string of the molecule is C=CCC12CCCCCCC1O2. The standard InChI is InChI=1S/C11H18O/c1-2-8-11-9-6-4-3-5-7-10(11)12-11/h2,10H,1,3-9H2. The quantitative estimate of drug-likeness (QED) is 0.453. The molecule has 0 spiro atoms. The molecule has 0 radical (unpaired) electrons. The fourth-order valence-electron chi connectivity index (χ4n) is 2.42. The summed E-state index contributed by atoms with van der Waals surface area (Å²) in [5.74, 6) is 0. The van der Waals surface area contributed by atoms with E-state index in [2.05, 4.69) is 6.58 Å². The van der Waals surface area contributed by atoms with E-state index < -0.39 is 0 Å². The summed E-state index contributed by atoms with van der Waals surface area (Å²) in [5.41, 5.74) is 0.252. The van der Waals surface area contributed by atoms with Gasteiger partial charge in [0.15, 0.2) is 0 Å². The molecule has 0 aromatic rings. The highest BCUT2D eigenvalue weighted by atomic mass is 16.6. The molecule has 0 aromatic heterocycles. The van der Waals surface area contributed by atoms with Crippen molar-refractivity contribution in [3.8, 4) is 0 Å². The van der Waals surface area contributed by atoms with Gasteiger partial charge in [-0.25, -0.2) is 0 Å².